The second kappa shape index (κ2) is 5.69. The van der Waals surface area contributed by atoms with Gasteiger partial charge in [-0.05, 0) is 27.7 Å². The minimum absolute atomic E-state index is 0.0394. The molecule has 1 fully saturated rings. The second-order valence-corrected chi connectivity index (χ2v) is 5.79. The first-order valence-corrected chi connectivity index (χ1v) is 6.34. The third kappa shape index (κ3) is 4.52. The van der Waals surface area contributed by atoms with Gasteiger partial charge in [0.1, 0.15) is 0 Å². The highest BCUT2D eigenvalue weighted by molar-refractivity contribution is 5.75. The van der Waals surface area contributed by atoms with Crippen LogP contribution in [0.3, 0.4) is 0 Å². The molecule has 1 heterocycles. The van der Waals surface area contributed by atoms with Crippen LogP contribution in [0.15, 0.2) is 0 Å². The molecule has 17 heavy (non-hydrogen) atoms. The predicted octanol–water partition coefficient (Wildman–Crippen LogP) is 0.459. The van der Waals surface area contributed by atoms with Crippen LogP contribution in [0, 0.1) is 0 Å². The normalized spacial score (nSPS) is 20.2. The summed E-state index contributed by atoms with van der Waals surface area (Å²) in [5.74, 6) is 0. The first kappa shape index (κ1) is 14.3. The molecule has 0 saturated carbocycles. The van der Waals surface area contributed by atoms with E-state index in [0.717, 1.165) is 26.2 Å². The Morgan fingerprint density at radius 3 is 2.24 bits per heavy atom. The largest absolute Gasteiger partial charge is 0.333 e. The molecule has 0 spiro atoms. The molecule has 0 aromatic carbocycles. The third-order valence-corrected chi connectivity index (χ3v) is 3.05. The molecule has 100 valence electrons. The first-order chi connectivity index (χ1) is 7.83. The lowest BCUT2D eigenvalue weighted by atomic mass is 10.1. The van der Waals surface area contributed by atoms with Crippen molar-refractivity contribution in [3.05, 3.63) is 0 Å². The Labute approximate surface area is 104 Å². The lowest BCUT2D eigenvalue weighted by molar-refractivity contribution is 0.113. The molecule has 0 bridgehead atoms. The molecule has 2 amide bonds. The van der Waals surface area contributed by atoms with E-state index in [1.807, 2.05) is 25.7 Å². The quantitative estimate of drug-likeness (QED) is 0.739. The Kier molecular flexibility index (Phi) is 4.77. The van der Waals surface area contributed by atoms with Crippen LogP contribution in [0.1, 0.15) is 27.7 Å². The van der Waals surface area contributed by atoms with E-state index in [1.54, 1.807) is 0 Å². The zero-order valence-electron chi connectivity index (χ0n) is 11.5. The molecular formula is C12H26N4O. The van der Waals surface area contributed by atoms with Crippen molar-refractivity contribution < 1.29 is 4.79 Å². The molecule has 1 rings (SSSR count). The number of hydrogen-bond acceptors (Lipinski definition) is 3. The average Bonchev–Trinajstić information content (AvgIpc) is 2.26. The summed E-state index contributed by atoms with van der Waals surface area (Å²) in [7, 11) is 0. The molecule has 1 unspecified atom stereocenters. The van der Waals surface area contributed by atoms with Gasteiger partial charge in [-0.3, -0.25) is 4.90 Å². The Balaban J connectivity index is 2.39. The van der Waals surface area contributed by atoms with E-state index in [-0.39, 0.29) is 11.6 Å². The van der Waals surface area contributed by atoms with Crippen LogP contribution in [0.5, 0.6) is 0 Å². The summed E-state index contributed by atoms with van der Waals surface area (Å²) in [6, 6.07) is 0.445. The number of amides is 2. The molecular weight excluding hydrogens is 216 g/mol. The van der Waals surface area contributed by atoms with Gasteiger partial charge in [0.2, 0.25) is 0 Å². The summed E-state index contributed by atoms with van der Waals surface area (Å²) in [6.45, 7) is 12.2. The van der Waals surface area contributed by atoms with Gasteiger partial charge in [-0.1, -0.05) is 0 Å². The number of carbonyl (C=O) groups excluding carboxylic acids is 1. The minimum atomic E-state index is -0.168. The number of nitrogens with one attached hydrogen (secondary N) is 1. The highest BCUT2D eigenvalue weighted by Gasteiger charge is 2.25. The van der Waals surface area contributed by atoms with Gasteiger partial charge >= 0.3 is 6.03 Å². The number of hydrogen-bond donors (Lipinski definition) is 2. The summed E-state index contributed by atoms with van der Waals surface area (Å²) in [5, 5.41) is 2.99. The van der Waals surface area contributed by atoms with Crippen molar-refractivity contribution in [2.75, 3.05) is 32.7 Å². The van der Waals surface area contributed by atoms with Crippen LogP contribution in [0.25, 0.3) is 0 Å². The molecule has 0 aromatic heterocycles. The standard InChI is InChI=1S/C12H26N4O/c1-10(9-13)15-5-7-16(8-6-15)11(17)14-12(2,3)4/h10H,5-9,13H2,1-4H3,(H,14,17). The fraction of sp³-hybridized carbons (Fsp3) is 0.917. The molecule has 1 atom stereocenters. The van der Waals surface area contributed by atoms with Crippen LogP contribution < -0.4 is 11.1 Å². The number of piperazine rings is 1. The van der Waals surface area contributed by atoms with Crippen molar-refractivity contribution in [3.63, 3.8) is 0 Å². The lowest BCUT2D eigenvalue weighted by Gasteiger charge is -2.38. The molecule has 0 aromatic rings. The molecule has 5 nitrogen and oxygen atoms in total. The van der Waals surface area contributed by atoms with Gasteiger partial charge < -0.3 is 16.0 Å². The molecule has 0 radical (unpaired) electrons. The maximum atomic E-state index is 11.9. The molecule has 3 N–H and O–H groups in total. The molecule has 1 aliphatic heterocycles. The average molecular weight is 242 g/mol. The van der Waals surface area contributed by atoms with Gasteiger partial charge in [-0.15, -0.1) is 0 Å². The van der Waals surface area contributed by atoms with E-state index in [9.17, 15) is 4.79 Å². The van der Waals surface area contributed by atoms with Crippen LogP contribution in [-0.4, -0.2) is 60.1 Å². The van der Waals surface area contributed by atoms with Crippen molar-refractivity contribution in [1.82, 2.24) is 15.1 Å². The van der Waals surface area contributed by atoms with E-state index < -0.39 is 0 Å². The summed E-state index contributed by atoms with van der Waals surface area (Å²) >= 11 is 0. The van der Waals surface area contributed by atoms with Gasteiger partial charge in [-0.2, -0.15) is 0 Å². The lowest BCUT2D eigenvalue weighted by Crippen LogP contribution is -2.57. The summed E-state index contributed by atoms with van der Waals surface area (Å²) in [5.41, 5.74) is 5.48. The van der Waals surface area contributed by atoms with Crippen molar-refractivity contribution in [2.24, 2.45) is 5.73 Å². The minimum Gasteiger partial charge on any atom is -0.333 e. The SMILES string of the molecule is CC(CN)N1CCN(C(=O)NC(C)(C)C)CC1. The van der Waals surface area contributed by atoms with Crippen molar-refractivity contribution in [2.45, 2.75) is 39.3 Å². The monoisotopic (exact) mass is 242 g/mol. The Morgan fingerprint density at radius 1 is 1.29 bits per heavy atom. The Hall–Kier alpha value is -0.810. The summed E-state index contributed by atoms with van der Waals surface area (Å²) in [6.07, 6.45) is 0. The van der Waals surface area contributed by atoms with Gasteiger partial charge in [0.15, 0.2) is 0 Å². The fourth-order valence-corrected chi connectivity index (χ4v) is 1.91. The van der Waals surface area contributed by atoms with Crippen LogP contribution >= 0.6 is 0 Å². The van der Waals surface area contributed by atoms with Crippen LogP contribution in [0.4, 0.5) is 4.79 Å². The molecule has 1 saturated heterocycles. The molecule has 1 aliphatic rings. The van der Waals surface area contributed by atoms with E-state index in [2.05, 4.69) is 17.1 Å². The van der Waals surface area contributed by atoms with Crippen molar-refractivity contribution >= 4 is 6.03 Å². The number of nitrogens with two attached hydrogens (primary N) is 1. The number of carbonyl (C=O) groups is 1. The van der Waals surface area contributed by atoms with Crippen molar-refractivity contribution in [1.29, 1.82) is 0 Å². The zero-order valence-corrected chi connectivity index (χ0v) is 11.5. The summed E-state index contributed by atoms with van der Waals surface area (Å²) < 4.78 is 0. The maximum absolute atomic E-state index is 11.9. The fourth-order valence-electron chi connectivity index (χ4n) is 1.91. The van der Waals surface area contributed by atoms with Gasteiger partial charge in [0.25, 0.3) is 0 Å². The maximum Gasteiger partial charge on any atom is 0.317 e. The van der Waals surface area contributed by atoms with E-state index >= 15 is 0 Å². The Morgan fingerprint density at radius 2 is 1.82 bits per heavy atom. The second-order valence-electron chi connectivity index (χ2n) is 5.79. The zero-order chi connectivity index (χ0) is 13.1. The van der Waals surface area contributed by atoms with Crippen LogP contribution in [0.2, 0.25) is 0 Å². The summed E-state index contributed by atoms with van der Waals surface area (Å²) in [4.78, 5) is 16.1. The first-order valence-electron chi connectivity index (χ1n) is 6.34. The van der Waals surface area contributed by atoms with Gasteiger partial charge in [0, 0.05) is 44.3 Å². The van der Waals surface area contributed by atoms with E-state index in [1.165, 1.54) is 0 Å². The predicted molar refractivity (Wildman–Crippen MR) is 69.9 cm³/mol. The van der Waals surface area contributed by atoms with E-state index in [4.69, 9.17) is 5.73 Å². The topological polar surface area (TPSA) is 61.6 Å². The number of urea groups is 1. The molecule has 0 aliphatic carbocycles. The van der Waals surface area contributed by atoms with Gasteiger partial charge in [-0.25, -0.2) is 4.79 Å². The van der Waals surface area contributed by atoms with E-state index in [0.29, 0.717) is 12.6 Å². The highest BCUT2D eigenvalue weighted by Crippen LogP contribution is 2.07. The van der Waals surface area contributed by atoms with Crippen LogP contribution in [-0.2, 0) is 0 Å². The highest BCUT2D eigenvalue weighted by atomic mass is 16.2. The third-order valence-electron chi connectivity index (χ3n) is 3.05. The van der Waals surface area contributed by atoms with Crippen molar-refractivity contribution in [3.8, 4) is 0 Å². The van der Waals surface area contributed by atoms with Gasteiger partial charge in [0.05, 0.1) is 0 Å². The Bertz CT molecular complexity index is 254. The molecule has 5 heteroatoms. The number of nitrogens with zero attached hydrogens (tertiary/aromatic N) is 2. The smallest absolute Gasteiger partial charge is 0.317 e. The number of rotatable bonds is 2.